The van der Waals surface area contributed by atoms with Gasteiger partial charge in [0.25, 0.3) is 0 Å². The normalized spacial score (nSPS) is 45.2. The molecule has 0 unspecified atom stereocenters. The van der Waals surface area contributed by atoms with Crippen molar-refractivity contribution in [1.29, 1.82) is 10.9 Å². The van der Waals surface area contributed by atoms with Gasteiger partial charge >= 0.3 is 0 Å². The molecule has 4 aliphatic rings. The highest BCUT2D eigenvalue weighted by atomic mass is 16.5. The standard InChI is InChI=1S/C25H44N4O2/c1-16(14-29(28-27)17(2)26)22-7-8-23-21-6-5-18-13-25(30,15-31-4)12-10-19(18)20(21)9-11-24(22,23)3/h16,18-23,26-27,30H,5-15H2,1-4H3/t16-,18-,19-,20+,21+,22+,23-,24+,25+/m0/s1. The fourth-order valence-electron chi connectivity index (χ4n) is 8.99. The number of nitrogens with one attached hydrogen (secondary N) is 2. The van der Waals surface area contributed by atoms with Gasteiger partial charge in [-0.25, -0.2) is 5.01 Å². The SMILES string of the molecule is COC[C@@]1(O)CC[C@H]2[C@@H](CC[C@@H]3[C@@H]2CC[C@]2(C)[C@@H]([C@@H](C)CN(N=N)C(C)=N)CC[C@@H]32)C1. The summed E-state index contributed by atoms with van der Waals surface area (Å²) in [6, 6.07) is 0. The molecule has 4 fully saturated rings. The average Bonchev–Trinajstić information content (AvgIpc) is 3.08. The van der Waals surface area contributed by atoms with Crippen molar-refractivity contribution in [3.05, 3.63) is 0 Å². The molecule has 0 radical (unpaired) electrons. The molecular formula is C25H44N4O2. The summed E-state index contributed by atoms with van der Waals surface area (Å²) in [4.78, 5) is 0. The molecule has 0 amide bonds. The molecule has 0 heterocycles. The molecule has 176 valence electrons. The predicted octanol–water partition coefficient (Wildman–Crippen LogP) is 5.51. The maximum Gasteiger partial charge on any atom is 0.115 e. The smallest absolute Gasteiger partial charge is 0.115 e. The quantitative estimate of drug-likeness (QED) is 0.223. The van der Waals surface area contributed by atoms with Crippen LogP contribution in [0.4, 0.5) is 0 Å². The van der Waals surface area contributed by atoms with Gasteiger partial charge in [0.1, 0.15) is 5.84 Å². The van der Waals surface area contributed by atoms with Crippen molar-refractivity contribution < 1.29 is 9.84 Å². The summed E-state index contributed by atoms with van der Waals surface area (Å²) in [5.41, 5.74) is 7.23. The lowest BCUT2D eigenvalue weighted by molar-refractivity contribution is -0.126. The molecule has 0 aromatic carbocycles. The second-order valence-corrected chi connectivity index (χ2v) is 11.8. The van der Waals surface area contributed by atoms with Gasteiger partial charge in [-0.1, -0.05) is 19.1 Å². The average molecular weight is 433 g/mol. The Morgan fingerprint density at radius 3 is 2.55 bits per heavy atom. The second-order valence-electron chi connectivity index (χ2n) is 11.8. The van der Waals surface area contributed by atoms with Crippen LogP contribution in [-0.4, -0.2) is 41.8 Å². The van der Waals surface area contributed by atoms with Gasteiger partial charge in [0, 0.05) is 13.7 Å². The van der Waals surface area contributed by atoms with E-state index in [2.05, 4.69) is 19.1 Å². The van der Waals surface area contributed by atoms with E-state index in [1.54, 1.807) is 19.0 Å². The molecule has 3 N–H and O–H groups in total. The van der Waals surface area contributed by atoms with Crippen LogP contribution in [0, 0.1) is 57.8 Å². The molecule has 0 aliphatic heterocycles. The zero-order valence-electron chi connectivity index (χ0n) is 20.1. The number of aliphatic hydroxyl groups is 1. The Morgan fingerprint density at radius 2 is 1.87 bits per heavy atom. The first-order valence-corrected chi connectivity index (χ1v) is 12.6. The number of methoxy groups -OCH3 is 1. The molecule has 6 heteroatoms. The summed E-state index contributed by atoms with van der Waals surface area (Å²) in [6.07, 6.45) is 10.9. The number of hydrogen-bond acceptors (Lipinski definition) is 5. The van der Waals surface area contributed by atoms with Crippen LogP contribution >= 0.6 is 0 Å². The molecule has 6 nitrogen and oxygen atoms in total. The summed E-state index contributed by atoms with van der Waals surface area (Å²) in [5.74, 6) is 5.49. The lowest BCUT2D eigenvalue weighted by Crippen LogP contribution is -2.52. The molecule has 4 rings (SSSR count). The lowest BCUT2D eigenvalue weighted by atomic mass is 9.48. The first-order chi connectivity index (χ1) is 14.7. The van der Waals surface area contributed by atoms with Gasteiger partial charge in [-0.2, -0.15) is 5.53 Å². The van der Waals surface area contributed by atoms with Crippen molar-refractivity contribution in [1.82, 2.24) is 5.01 Å². The van der Waals surface area contributed by atoms with Crippen LogP contribution in [-0.2, 0) is 4.74 Å². The maximum atomic E-state index is 11.0. The van der Waals surface area contributed by atoms with Gasteiger partial charge in [-0.3, -0.25) is 5.41 Å². The van der Waals surface area contributed by atoms with E-state index >= 15 is 0 Å². The van der Waals surface area contributed by atoms with Crippen molar-refractivity contribution in [2.24, 2.45) is 52.1 Å². The highest BCUT2D eigenvalue weighted by Gasteiger charge is 2.58. The van der Waals surface area contributed by atoms with Crippen molar-refractivity contribution in [3.8, 4) is 0 Å². The topological polar surface area (TPSA) is 92.8 Å². The third-order valence-corrected chi connectivity index (χ3v) is 10.2. The van der Waals surface area contributed by atoms with E-state index in [1.807, 2.05) is 0 Å². The molecule has 31 heavy (non-hydrogen) atoms. The molecule has 0 saturated heterocycles. The second kappa shape index (κ2) is 8.74. The van der Waals surface area contributed by atoms with Gasteiger partial charge in [0.05, 0.1) is 12.2 Å². The number of ether oxygens (including phenoxy) is 1. The van der Waals surface area contributed by atoms with Crippen LogP contribution < -0.4 is 0 Å². The highest BCUT2D eigenvalue weighted by molar-refractivity contribution is 5.75. The Kier molecular flexibility index (Phi) is 6.53. The summed E-state index contributed by atoms with van der Waals surface area (Å²) < 4.78 is 5.34. The Labute approximate surface area is 188 Å². The monoisotopic (exact) mass is 432 g/mol. The minimum absolute atomic E-state index is 0.370. The third kappa shape index (κ3) is 4.07. The largest absolute Gasteiger partial charge is 0.387 e. The zero-order chi connectivity index (χ0) is 22.4. The van der Waals surface area contributed by atoms with Gasteiger partial charge in [0.15, 0.2) is 0 Å². The number of nitrogens with zero attached hydrogens (tertiary/aromatic N) is 2. The Morgan fingerprint density at radius 1 is 1.13 bits per heavy atom. The van der Waals surface area contributed by atoms with E-state index < -0.39 is 5.60 Å². The third-order valence-electron chi connectivity index (χ3n) is 10.2. The van der Waals surface area contributed by atoms with E-state index in [-0.39, 0.29) is 0 Å². The molecule has 0 aromatic heterocycles. The Balaban J connectivity index is 1.45. The fourth-order valence-corrected chi connectivity index (χ4v) is 8.99. The van der Waals surface area contributed by atoms with Gasteiger partial charge in [-0.05, 0) is 112 Å². The maximum absolute atomic E-state index is 11.0. The molecule has 0 spiro atoms. The van der Waals surface area contributed by atoms with Crippen molar-refractivity contribution in [2.75, 3.05) is 20.3 Å². The van der Waals surface area contributed by atoms with Gasteiger partial charge in [0.2, 0.25) is 0 Å². The van der Waals surface area contributed by atoms with E-state index in [0.29, 0.717) is 42.2 Å². The van der Waals surface area contributed by atoms with Crippen LogP contribution in [0.5, 0.6) is 0 Å². The van der Waals surface area contributed by atoms with E-state index in [4.69, 9.17) is 15.7 Å². The summed E-state index contributed by atoms with van der Waals surface area (Å²) in [5, 5.41) is 24.0. The van der Waals surface area contributed by atoms with Crippen LogP contribution in [0.2, 0.25) is 0 Å². The van der Waals surface area contributed by atoms with Crippen LogP contribution in [0.25, 0.3) is 0 Å². The summed E-state index contributed by atoms with van der Waals surface area (Å²) in [6.45, 7) is 7.79. The summed E-state index contributed by atoms with van der Waals surface area (Å²) in [7, 11) is 1.71. The molecule has 9 atom stereocenters. The van der Waals surface area contributed by atoms with Gasteiger partial charge < -0.3 is 9.84 Å². The molecule has 0 aromatic rings. The van der Waals surface area contributed by atoms with Crippen molar-refractivity contribution >= 4 is 5.84 Å². The van der Waals surface area contributed by atoms with E-state index in [0.717, 1.165) is 36.5 Å². The van der Waals surface area contributed by atoms with Crippen LogP contribution in [0.1, 0.15) is 78.6 Å². The molecule has 0 bridgehead atoms. The molecule has 4 saturated carbocycles. The Hall–Kier alpha value is -1.01. The van der Waals surface area contributed by atoms with Crippen LogP contribution in [0.15, 0.2) is 5.22 Å². The highest BCUT2D eigenvalue weighted by Crippen LogP contribution is 2.65. The van der Waals surface area contributed by atoms with E-state index in [9.17, 15) is 5.11 Å². The lowest BCUT2D eigenvalue weighted by Gasteiger charge is -2.57. The van der Waals surface area contributed by atoms with Crippen molar-refractivity contribution in [2.45, 2.75) is 84.2 Å². The Bertz CT molecular complexity index is 686. The first kappa shape index (κ1) is 23.2. The van der Waals surface area contributed by atoms with Gasteiger partial charge in [-0.15, -0.1) is 0 Å². The molecular weight excluding hydrogens is 388 g/mol. The van der Waals surface area contributed by atoms with Crippen molar-refractivity contribution in [3.63, 3.8) is 0 Å². The fraction of sp³-hybridized carbons (Fsp3) is 0.960. The minimum atomic E-state index is -0.596. The molecule has 4 aliphatic carbocycles. The zero-order valence-corrected chi connectivity index (χ0v) is 20.1. The summed E-state index contributed by atoms with van der Waals surface area (Å²) >= 11 is 0. The number of hydrogen-bond donors (Lipinski definition) is 3. The first-order valence-electron chi connectivity index (χ1n) is 12.6. The predicted molar refractivity (Wildman–Crippen MR) is 122 cm³/mol. The minimum Gasteiger partial charge on any atom is -0.387 e. The van der Waals surface area contributed by atoms with Crippen LogP contribution in [0.3, 0.4) is 0 Å². The number of fused-ring (bicyclic) bond motifs is 5. The number of rotatable bonds is 6. The van der Waals surface area contributed by atoms with E-state index in [1.165, 1.54) is 44.9 Å². The number of amidine groups is 1.